The summed E-state index contributed by atoms with van der Waals surface area (Å²) in [6.07, 6.45) is -1.05. The lowest BCUT2D eigenvalue weighted by Crippen LogP contribution is -2.11. The van der Waals surface area contributed by atoms with Crippen molar-refractivity contribution >= 4 is 0 Å². The minimum Gasteiger partial charge on any atom is -0.382 e. The van der Waals surface area contributed by atoms with Gasteiger partial charge in [0.1, 0.15) is 6.10 Å². The molecular formula is C14H13NO3. The van der Waals surface area contributed by atoms with E-state index in [4.69, 9.17) is 0 Å². The molecule has 0 aliphatic rings. The molecule has 92 valence electrons. The van der Waals surface area contributed by atoms with Gasteiger partial charge in [0.2, 0.25) is 6.54 Å². The molecule has 0 heterocycles. The number of rotatable bonds is 4. The zero-order chi connectivity index (χ0) is 13.0. The zero-order valence-electron chi connectivity index (χ0n) is 9.69. The predicted octanol–water partition coefficient (Wildman–Crippen LogP) is 2.66. The molecule has 18 heavy (non-hydrogen) atoms. The van der Waals surface area contributed by atoms with Crippen LogP contribution in [-0.2, 0) is 0 Å². The van der Waals surface area contributed by atoms with Crippen LogP contribution in [0.15, 0.2) is 54.6 Å². The van der Waals surface area contributed by atoms with Gasteiger partial charge in [-0.3, -0.25) is 10.1 Å². The van der Waals surface area contributed by atoms with E-state index in [-0.39, 0.29) is 0 Å². The van der Waals surface area contributed by atoms with Gasteiger partial charge in [0.15, 0.2) is 0 Å². The van der Waals surface area contributed by atoms with Gasteiger partial charge < -0.3 is 5.11 Å². The van der Waals surface area contributed by atoms with E-state index < -0.39 is 17.6 Å². The molecule has 2 rings (SSSR count). The molecule has 1 N–H and O–H groups in total. The smallest absolute Gasteiger partial charge is 0.233 e. The molecule has 4 heteroatoms. The molecule has 1 atom stereocenters. The topological polar surface area (TPSA) is 63.4 Å². The van der Waals surface area contributed by atoms with Crippen molar-refractivity contribution in [1.29, 1.82) is 0 Å². The average Bonchev–Trinajstić information content (AvgIpc) is 2.39. The Morgan fingerprint density at radius 3 is 2.11 bits per heavy atom. The first-order chi connectivity index (χ1) is 8.66. The van der Waals surface area contributed by atoms with E-state index in [9.17, 15) is 15.2 Å². The van der Waals surface area contributed by atoms with Gasteiger partial charge in [0.25, 0.3) is 0 Å². The zero-order valence-corrected chi connectivity index (χ0v) is 9.69. The van der Waals surface area contributed by atoms with Crippen LogP contribution in [0.3, 0.4) is 0 Å². The van der Waals surface area contributed by atoms with Crippen molar-refractivity contribution in [2.75, 3.05) is 6.54 Å². The second-order valence-corrected chi connectivity index (χ2v) is 4.02. The lowest BCUT2D eigenvalue weighted by molar-refractivity contribution is -0.491. The van der Waals surface area contributed by atoms with Gasteiger partial charge in [-0.1, -0.05) is 54.6 Å². The highest BCUT2D eigenvalue weighted by Crippen LogP contribution is 2.21. The van der Waals surface area contributed by atoms with E-state index in [1.807, 2.05) is 42.5 Å². The van der Waals surface area contributed by atoms with E-state index in [2.05, 4.69) is 0 Å². The first kappa shape index (κ1) is 12.3. The van der Waals surface area contributed by atoms with Gasteiger partial charge in [-0.2, -0.15) is 0 Å². The van der Waals surface area contributed by atoms with Crippen molar-refractivity contribution in [3.8, 4) is 11.1 Å². The Labute approximate surface area is 105 Å². The Morgan fingerprint density at radius 2 is 1.56 bits per heavy atom. The maximum atomic E-state index is 10.3. The first-order valence-electron chi connectivity index (χ1n) is 5.62. The molecule has 0 amide bonds. The minimum atomic E-state index is -1.05. The molecule has 0 radical (unpaired) electrons. The van der Waals surface area contributed by atoms with Crippen LogP contribution in [0.1, 0.15) is 11.7 Å². The van der Waals surface area contributed by atoms with Crippen LogP contribution in [0.25, 0.3) is 11.1 Å². The highest BCUT2D eigenvalue weighted by Gasteiger charge is 2.13. The van der Waals surface area contributed by atoms with Gasteiger partial charge >= 0.3 is 0 Å². The summed E-state index contributed by atoms with van der Waals surface area (Å²) < 4.78 is 0. The van der Waals surface area contributed by atoms with Gasteiger partial charge in [0, 0.05) is 4.92 Å². The Balaban J connectivity index is 2.18. The summed E-state index contributed by atoms with van der Waals surface area (Å²) in [5.41, 5.74) is 2.66. The molecule has 0 bridgehead atoms. The fraction of sp³-hybridized carbons (Fsp3) is 0.143. The fourth-order valence-electron chi connectivity index (χ4n) is 1.77. The molecule has 0 aromatic heterocycles. The van der Waals surface area contributed by atoms with Gasteiger partial charge in [-0.15, -0.1) is 0 Å². The van der Waals surface area contributed by atoms with Crippen LogP contribution in [0.4, 0.5) is 0 Å². The van der Waals surface area contributed by atoms with E-state index in [1.165, 1.54) is 0 Å². The molecule has 0 unspecified atom stereocenters. The molecule has 2 aromatic carbocycles. The molecule has 0 spiro atoms. The second kappa shape index (κ2) is 5.42. The molecule has 4 nitrogen and oxygen atoms in total. The van der Waals surface area contributed by atoms with Crippen LogP contribution in [0.5, 0.6) is 0 Å². The van der Waals surface area contributed by atoms with Crippen LogP contribution in [0, 0.1) is 10.1 Å². The predicted molar refractivity (Wildman–Crippen MR) is 68.7 cm³/mol. The van der Waals surface area contributed by atoms with Crippen LogP contribution >= 0.6 is 0 Å². The largest absolute Gasteiger partial charge is 0.382 e. The number of hydrogen-bond donors (Lipinski definition) is 1. The van der Waals surface area contributed by atoms with Gasteiger partial charge in [0.05, 0.1) is 0 Å². The van der Waals surface area contributed by atoms with Crippen molar-refractivity contribution in [1.82, 2.24) is 0 Å². The third-order valence-electron chi connectivity index (χ3n) is 2.72. The fourth-order valence-corrected chi connectivity index (χ4v) is 1.77. The Kier molecular flexibility index (Phi) is 3.69. The average molecular weight is 243 g/mol. The summed E-state index contributed by atoms with van der Waals surface area (Å²) in [5, 5.41) is 19.9. The number of aliphatic hydroxyl groups excluding tert-OH is 1. The monoisotopic (exact) mass is 243 g/mol. The standard InChI is InChI=1S/C14H13NO3/c16-14(10-15(17)18)13-8-6-12(7-9-13)11-4-2-1-3-5-11/h1-9,14,16H,10H2/t14-/m0/s1. The summed E-state index contributed by atoms with van der Waals surface area (Å²) in [7, 11) is 0. The van der Waals surface area contributed by atoms with Crippen LogP contribution < -0.4 is 0 Å². The molecule has 0 saturated carbocycles. The van der Waals surface area contributed by atoms with Crippen LogP contribution in [-0.4, -0.2) is 16.6 Å². The maximum absolute atomic E-state index is 10.3. The first-order valence-corrected chi connectivity index (χ1v) is 5.62. The molecule has 0 fully saturated rings. The van der Waals surface area contributed by atoms with Crippen molar-refractivity contribution in [2.45, 2.75) is 6.10 Å². The summed E-state index contributed by atoms with van der Waals surface area (Å²) in [5.74, 6) is 0. The number of benzene rings is 2. The number of hydrogen-bond acceptors (Lipinski definition) is 3. The number of nitro groups is 1. The Bertz CT molecular complexity index is 522. The van der Waals surface area contributed by atoms with Gasteiger partial charge in [-0.05, 0) is 16.7 Å². The third-order valence-corrected chi connectivity index (χ3v) is 2.72. The number of aliphatic hydroxyl groups is 1. The lowest BCUT2D eigenvalue weighted by atomic mass is 10.0. The highest BCUT2D eigenvalue weighted by atomic mass is 16.6. The quantitative estimate of drug-likeness (QED) is 0.663. The van der Waals surface area contributed by atoms with Crippen molar-refractivity contribution in [2.24, 2.45) is 0 Å². The molecule has 0 aliphatic heterocycles. The minimum absolute atomic E-state index is 0.468. The van der Waals surface area contributed by atoms with Crippen molar-refractivity contribution in [3.63, 3.8) is 0 Å². The molecule has 0 aliphatic carbocycles. The van der Waals surface area contributed by atoms with E-state index in [1.54, 1.807) is 12.1 Å². The third kappa shape index (κ3) is 2.93. The van der Waals surface area contributed by atoms with E-state index in [0.717, 1.165) is 11.1 Å². The second-order valence-electron chi connectivity index (χ2n) is 4.02. The summed E-state index contributed by atoms with van der Waals surface area (Å²) >= 11 is 0. The summed E-state index contributed by atoms with van der Waals surface area (Å²) in [6.45, 7) is -0.468. The number of nitrogens with zero attached hydrogens (tertiary/aromatic N) is 1. The highest BCUT2D eigenvalue weighted by molar-refractivity contribution is 5.63. The Hall–Kier alpha value is -2.20. The lowest BCUT2D eigenvalue weighted by Gasteiger charge is -2.07. The van der Waals surface area contributed by atoms with Crippen molar-refractivity contribution in [3.05, 3.63) is 70.3 Å². The van der Waals surface area contributed by atoms with E-state index >= 15 is 0 Å². The summed E-state index contributed by atoms with van der Waals surface area (Å²) in [6, 6.07) is 17.0. The molecule has 0 saturated heterocycles. The van der Waals surface area contributed by atoms with Gasteiger partial charge in [-0.25, -0.2) is 0 Å². The normalized spacial score (nSPS) is 12.1. The molecular weight excluding hydrogens is 230 g/mol. The van der Waals surface area contributed by atoms with Crippen molar-refractivity contribution < 1.29 is 10.0 Å². The van der Waals surface area contributed by atoms with E-state index in [0.29, 0.717) is 5.56 Å². The summed E-state index contributed by atoms with van der Waals surface area (Å²) in [4.78, 5) is 9.80. The molecule has 2 aromatic rings. The van der Waals surface area contributed by atoms with Crippen LogP contribution in [0.2, 0.25) is 0 Å². The Morgan fingerprint density at radius 1 is 1.00 bits per heavy atom. The SMILES string of the molecule is O=[N+]([O-])C[C@H](O)c1ccc(-c2ccccc2)cc1. The maximum Gasteiger partial charge on any atom is 0.233 e.